The summed E-state index contributed by atoms with van der Waals surface area (Å²) in [6, 6.07) is 4.70. The van der Waals surface area contributed by atoms with Crippen LogP contribution in [0.1, 0.15) is 30.9 Å². The zero-order valence-corrected chi connectivity index (χ0v) is 13.2. The minimum absolute atomic E-state index is 0.176. The number of ketones is 1. The summed E-state index contributed by atoms with van der Waals surface area (Å²) in [5.74, 6) is 1.03. The molecular weight excluding hydrogens is 325 g/mol. The Morgan fingerprint density at radius 2 is 2.04 bits per heavy atom. The first-order valence-corrected chi connectivity index (χ1v) is 7.07. The van der Waals surface area contributed by atoms with Crippen LogP contribution < -0.4 is 5.32 Å². The fourth-order valence-electron chi connectivity index (χ4n) is 2.62. The van der Waals surface area contributed by atoms with E-state index < -0.39 is 17.7 Å². The third-order valence-corrected chi connectivity index (χ3v) is 3.91. The van der Waals surface area contributed by atoms with Crippen molar-refractivity contribution in [2.24, 2.45) is 0 Å². The number of benzene rings is 1. The summed E-state index contributed by atoms with van der Waals surface area (Å²) < 4.78 is 38.8. The van der Waals surface area contributed by atoms with Crippen LogP contribution in [0, 0.1) is 5.41 Å². The number of nitrogens with one attached hydrogen (secondary N) is 2. The number of alkyl halides is 3. The van der Waals surface area contributed by atoms with E-state index in [4.69, 9.17) is 17.6 Å². The van der Waals surface area contributed by atoms with Gasteiger partial charge in [0.05, 0.1) is 17.1 Å². The van der Waals surface area contributed by atoms with E-state index in [2.05, 4.69) is 11.2 Å². The Morgan fingerprint density at radius 3 is 2.57 bits per heavy atom. The maximum absolute atomic E-state index is 12.9. The molecule has 1 aliphatic rings. The number of halogens is 3. The summed E-state index contributed by atoms with van der Waals surface area (Å²) in [5.41, 5.74) is 0.374. The van der Waals surface area contributed by atoms with Crippen molar-refractivity contribution in [1.82, 2.24) is 5.32 Å². The van der Waals surface area contributed by atoms with Crippen LogP contribution in [-0.2, 0) is 11.0 Å². The first kappa shape index (κ1) is 17.1. The van der Waals surface area contributed by atoms with E-state index >= 15 is 0 Å². The van der Waals surface area contributed by atoms with Gasteiger partial charge in [0.1, 0.15) is 4.99 Å². The minimum Gasteiger partial charge on any atom is -0.349 e. The number of carbonyl (C=O) groups excluding carboxylic acids is 1. The van der Waals surface area contributed by atoms with Gasteiger partial charge in [0.2, 0.25) is 0 Å². The maximum atomic E-state index is 12.9. The summed E-state index contributed by atoms with van der Waals surface area (Å²) in [5, 5.41) is 10.2. The molecule has 0 fully saturated rings. The summed E-state index contributed by atoms with van der Waals surface area (Å²) in [4.78, 5) is 12.2. The summed E-state index contributed by atoms with van der Waals surface area (Å²) in [6.07, 6.45) is -4.49. The largest absolute Gasteiger partial charge is 0.416 e. The van der Waals surface area contributed by atoms with E-state index in [1.165, 1.54) is 19.1 Å². The minimum atomic E-state index is -4.49. The van der Waals surface area contributed by atoms with Crippen LogP contribution >= 0.6 is 12.2 Å². The van der Waals surface area contributed by atoms with Gasteiger partial charge in [0.15, 0.2) is 5.78 Å². The van der Waals surface area contributed by atoms with Gasteiger partial charge in [-0.05, 0) is 31.3 Å². The third-order valence-electron chi connectivity index (χ3n) is 3.59. The molecule has 1 heterocycles. The van der Waals surface area contributed by atoms with Crippen LogP contribution in [0.25, 0.3) is 0 Å². The van der Waals surface area contributed by atoms with Crippen LogP contribution in [-0.4, -0.2) is 16.6 Å². The van der Waals surface area contributed by atoms with Crippen molar-refractivity contribution < 1.29 is 18.0 Å². The average molecular weight is 338 g/mol. The Labute approximate surface area is 136 Å². The molecule has 2 rings (SSSR count). The van der Waals surface area contributed by atoms with Gasteiger partial charge in [0, 0.05) is 11.3 Å². The van der Waals surface area contributed by atoms with Gasteiger partial charge in [-0.25, -0.2) is 0 Å². The van der Waals surface area contributed by atoms with E-state index in [0.29, 0.717) is 5.70 Å². The Bertz CT molecular complexity index is 774. The molecule has 1 aliphatic heterocycles. The lowest BCUT2D eigenvalue weighted by Crippen LogP contribution is -2.34. The van der Waals surface area contributed by atoms with Crippen molar-refractivity contribution >= 4 is 28.9 Å². The fourth-order valence-corrected chi connectivity index (χ4v) is 2.94. The molecule has 1 aromatic carbocycles. The number of hydrogen-bond acceptors (Lipinski definition) is 3. The van der Waals surface area contributed by atoms with Crippen molar-refractivity contribution in [1.29, 1.82) is 5.41 Å². The van der Waals surface area contributed by atoms with Gasteiger partial charge >= 0.3 is 6.18 Å². The summed E-state index contributed by atoms with van der Waals surface area (Å²) in [6.45, 7) is 2.96. The van der Waals surface area contributed by atoms with Gasteiger partial charge in [-0.2, -0.15) is 13.2 Å². The van der Waals surface area contributed by atoms with Crippen LogP contribution in [0.2, 0.25) is 0 Å². The topological polar surface area (TPSA) is 53.0 Å². The first-order chi connectivity index (χ1) is 10.7. The van der Waals surface area contributed by atoms with Crippen molar-refractivity contribution in [2.45, 2.75) is 25.9 Å². The zero-order chi connectivity index (χ0) is 17.4. The predicted molar refractivity (Wildman–Crippen MR) is 84.5 cm³/mol. The van der Waals surface area contributed by atoms with Gasteiger partial charge in [-0.3, -0.25) is 10.2 Å². The smallest absolute Gasteiger partial charge is 0.349 e. The Kier molecular flexibility index (Phi) is 4.54. The number of hydrogen-bond donors (Lipinski definition) is 2. The number of carbonyl (C=O) groups is 1. The van der Waals surface area contributed by atoms with Crippen molar-refractivity contribution in [3.63, 3.8) is 0 Å². The fraction of sp³-hybridized carbons (Fsp3) is 0.250. The molecule has 0 saturated carbocycles. The Balaban J connectivity index is 2.70. The second-order valence-electron chi connectivity index (χ2n) is 5.14. The molecule has 0 spiro atoms. The lowest BCUT2D eigenvalue weighted by atomic mass is 9.79. The first-order valence-electron chi connectivity index (χ1n) is 6.66. The summed E-state index contributed by atoms with van der Waals surface area (Å²) >= 11 is 5.13. The molecule has 1 aromatic rings. The number of allylic oxidation sites excluding steroid dienone is 2. The van der Waals surface area contributed by atoms with Crippen molar-refractivity contribution in [2.75, 3.05) is 0 Å². The second kappa shape index (κ2) is 6.10. The van der Waals surface area contributed by atoms with Crippen LogP contribution in [0.5, 0.6) is 0 Å². The molecule has 0 aromatic heterocycles. The molecule has 0 radical (unpaired) electrons. The van der Waals surface area contributed by atoms with Crippen LogP contribution in [0.15, 0.2) is 41.1 Å². The molecule has 0 saturated heterocycles. The van der Waals surface area contributed by atoms with Crippen molar-refractivity contribution in [3.05, 3.63) is 52.2 Å². The van der Waals surface area contributed by atoms with Crippen molar-refractivity contribution in [3.8, 4) is 0 Å². The molecule has 2 N–H and O–H groups in total. The molecule has 1 atom stereocenters. The SMILES string of the molecule is CC(=O)C1=C(C)NC(=S)C(=C=N)C1c1cccc(C(F)(F)F)c1. The van der Waals surface area contributed by atoms with Gasteiger partial charge in [0.25, 0.3) is 0 Å². The van der Waals surface area contributed by atoms with Gasteiger partial charge in [-0.1, -0.05) is 30.4 Å². The Morgan fingerprint density at radius 1 is 1.39 bits per heavy atom. The van der Waals surface area contributed by atoms with E-state index in [1.807, 2.05) is 0 Å². The lowest BCUT2D eigenvalue weighted by molar-refractivity contribution is -0.137. The molecule has 23 heavy (non-hydrogen) atoms. The second-order valence-corrected chi connectivity index (χ2v) is 5.55. The highest BCUT2D eigenvalue weighted by molar-refractivity contribution is 7.80. The van der Waals surface area contributed by atoms with E-state index in [1.54, 1.807) is 6.92 Å². The molecule has 0 amide bonds. The van der Waals surface area contributed by atoms with E-state index in [-0.39, 0.29) is 27.5 Å². The van der Waals surface area contributed by atoms with Gasteiger partial charge < -0.3 is 5.32 Å². The predicted octanol–water partition coefficient (Wildman–Crippen LogP) is 3.76. The molecular formula is C16H13F3N2OS. The Hall–Kier alpha value is -2.24. The average Bonchev–Trinajstić information content (AvgIpc) is 2.45. The van der Waals surface area contributed by atoms with E-state index in [0.717, 1.165) is 12.1 Å². The molecule has 0 aliphatic carbocycles. The van der Waals surface area contributed by atoms with Crippen LogP contribution in [0.3, 0.4) is 0 Å². The number of Topliss-reactive ketones (excluding diaryl/α,β-unsaturated/α-hetero) is 1. The van der Waals surface area contributed by atoms with Crippen LogP contribution in [0.4, 0.5) is 13.2 Å². The molecule has 3 nitrogen and oxygen atoms in total. The molecule has 0 bridgehead atoms. The standard InChI is InChI=1S/C16H13F3N2OS/c1-8-13(9(2)22)14(12(7-20)15(23)21-8)10-4-3-5-11(6-10)16(17,18)19/h3-6,14,20H,1-2H3,(H,21,23). The molecule has 1 unspecified atom stereocenters. The monoisotopic (exact) mass is 338 g/mol. The normalized spacial score (nSPS) is 18.6. The number of rotatable bonds is 2. The zero-order valence-electron chi connectivity index (χ0n) is 12.3. The molecule has 120 valence electrons. The lowest BCUT2D eigenvalue weighted by Gasteiger charge is -2.29. The highest BCUT2D eigenvalue weighted by atomic mass is 32.1. The third kappa shape index (κ3) is 3.25. The van der Waals surface area contributed by atoms with E-state index in [9.17, 15) is 18.0 Å². The quantitative estimate of drug-likeness (QED) is 0.490. The maximum Gasteiger partial charge on any atom is 0.416 e. The number of thiocarbonyl (C=S) groups is 1. The summed E-state index contributed by atoms with van der Waals surface area (Å²) in [7, 11) is 0. The highest BCUT2D eigenvalue weighted by Gasteiger charge is 2.35. The highest BCUT2D eigenvalue weighted by Crippen LogP contribution is 2.38. The molecule has 7 heteroatoms. The van der Waals surface area contributed by atoms with Gasteiger partial charge in [-0.15, -0.1) is 0 Å².